The first-order chi connectivity index (χ1) is 6.24. The van der Waals surface area contributed by atoms with Gasteiger partial charge < -0.3 is 4.90 Å². The monoisotopic (exact) mass is 199 g/mol. The zero-order chi connectivity index (χ0) is 9.68. The Morgan fingerprint density at radius 3 is 2.92 bits per heavy atom. The molecule has 0 spiro atoms. The molecule has 0 bridgehead atoms. The number of hydrogen-bond donors (Lipinski definition) is 0. The van der Waals surface area contributed by atoms with Crippen LogP contribution in [0.3, 0.4) is 0 Å². The van der Waals surface area contributed by atoms with E-state index in [1.54, 1.807) is 0 Å². The Hall–Kier alpha value is -0.440. The van der Waals surface area contributed by atoms with Gasteiger partial charge in [0.05, 0.1) is 4.99 Å². The van der Waals surface area contributed by atoms with Crippen LogP contribution in [0.2, 0.25) is 0 Å². The average Bonchev–Trinajstić information content (AvgIpc) is 2.16. The number of thiocarbonyl (C=S) groups is 1. The van der Waals surface area contributed by atoms with Gasteiger partial charge in [-0.05, 0) is 19.3 Å². The van der Waals surface area contributed by atoms with Crippen LogP contribution in [-0.2, 0) is 4.79 Å². The van der Waals surface area contributed by atoms with Crippen LogP contribution in [0.4, 0.5) is 0 Å². The van der Waals surface area contributed by atoms with Gasteiger partial charge in [0, 0.05) is 25.9 Å². The molecular formula is C10H17NOS. The first kappa shape index (κ1) is 10.6. The molecule has 2 nitrogen and oxygen atoms in total. The van der Waals surface area contributed by atoms with E-state index in [-0.39, 0.29) is 0 Å². The van der Waals surface area contributed by atoms with Gasteiger partial charge in [0.1, 0.15) is 5.78 Å². The van der Waals surface area contributed by atoms with E-state index < -0.39 is 0 Å². The average molecular weight is 199 g/mol. The molecule has 0 aromatic carbocycles. The van der Waals surface area contributed by atoms with Crippen LogP contribution in [0, 0.1) is 0 Å². The highest BCUT2D eigenvalue weighted by Gasteiger charge is 2.14. The lowest BCUT2D eigenvalue weighted by molar-refractivity contribution is -0.118. The Morgan fingerprint density at radius 2 is 2.31 bits per heavy atom. The molecule has 1 heterocycles. The maximum Gasteiger partial charge on any atom is 0.134 e. The molecule has 1 rings (SSSR count). The first-order valence-corrected chi connectivity index (χ1v) is 5.44. The second-order valence-corrected chi connectivity index (χ2v) is 3.95. The van der Waals surface area contributed by atoms with Crippen molar-refractivity contribution in [3.05, 3.63) is 0 Å². The fourth-order valence-electron chi connectivity index (χ4n) is 1.53. The summed E-state index contributed by atoms with van der Waals surface area (Å²) in [5.41, 5.74) is 0. The second kappa shape index (κ2) is 5.32. The summed E-state index contributed by atoms with van der Waals surface area (Å²) in [6.07, 6.45) is 4.80. The standard InChI is InChI=1S/C10H17NOS/c1-2-9(12)6-8-11-7-4-3-5-10(11)13/h2-8H2,1H3. The van der Waals surface area contributed by atoms with Crippen molar-refractivity contribution in [3.8, 4) is 0 Å². The molecule has 74 valence electrons. The fourth-order valence-corrected chi connectivity index (χ4v) is 1.86. The molecule has 0 aromatic rings. The minimum Gasteiger partial charge on any atom is -0.366 e. The number of carbonyl (C=O) groups is 1. The van der Waals surface area contributed by atoms with Crippen LogP contribution in [-0.4, -0.2) is 28.8 Å². The van der Waals surface area contributed by atoms with Gasteiger partial charge in [-0.25, -0.2) is 0 Å². The van der Waals surface area contributed by atoms with E-state index in [2.05, 4.69) is 4.90 Å². The zero-order valence-electron chi connectivity index (χ0n) is 8.21. The maximum absolute atomic E-state index is 11.1. The van der Waals surface area contributed by atoms with E-state index in [1.165, 1.54) is 12.8 Å². The zero-order valence-corrected chi connectivity index (χ0v) is 9.03. The third-order valence-corrected chi connectivity index (χ3v) is 2.94. The van der Waals surface area contributed by atoms with E-state index in [0.29, 0.717) is 18.6 Å². The number of nitrogens with zero attached hydrogens (tertiary/aromatic N) is 1. The quantitative estimate of drug-likeness (QED) is 0.647. The van der Waals surface area contributed by atoms with Crippen molar-refractivity contribution in [2.75, 3.05) is 13.1 Å². The van der Waals surface area contributed by atoms with E-state index in [0.717, 1.165) is 24.5 Å². The number of piperidine rings is 1. The summed E-state index contributed by atoms with van der Waals surface area (Å²) < 4.78 is 0. The van der Waals surface area contributed by atoms with E-state index >= 15 is 0 Å². The van der Waals surface area contributed by atoms with E-state index in [9.17, 15) is 4.79 Å². The normalized spacial score (nSPS) is 17.6. The predicted octanol–water partition coefficient (Wildman–Crippen LogP) is 2.17. The van der Waals surface area contributed by atoms with Crippen LogP contribution in [0.15, 0.2) is 0 Å². The number of Topliss-reactive ketones (excluding diaryl/α,β-unsaturated/α-hetero) is 1. The van der Waals surface area contributed by atoms with Gasteiger partial charge in [-0.1, -0.05) is 19.1 Å². The number of ketones is 1. The molecule has 0 N–H and O–H groups in total. The molecule has 0 aliphatic carbocycles. The Bertz CT molecular complexity index is 203. The summed E-state index contributed by atoms with van der Waals surface area (Å²) in [5.74, 6) is 0.341. The van der Waals surface area contributed by atoms with Crippen molar-refractivity contribution in [3.63, 3.8) is 0 Å². The van der Waals surface area contributed by atoms with Crippen LogP contribution < -0.4 is 0 Å². The van der Waals surface area contributed by atoms with Crippen LogP contribution in [0.1, 0.15) is 39.0 Å². The fraction of sp³-hybridized carbons (Fsp3) is 0.800. The summed E-state index contributed by atoms with van der Waals surface area (Å²) in [6.45, 7) is 3.80. The van der Waals surface area contributed by atoms with Gasteiger partial charge in [-0.2, -0.15) is 0 Å². The van der Waals surface area contributed by atoms with Crippen molar-refractivity contribution >= 4 is 23.0 Å². The second-order valence-electron chi connectivity index (χ2n) is 3.48. The van der Waals surface area contributed by atoms with Gasteiger partial charge in [0.2, 0.25) is 0 Å². The SMILES string of the molecule is CCC(=O)CCN1CCCCC1=S. The highest BCUT2D eigenvalue weighted by molar-refractivity contribution is 7.80. The Morgan fingerprint density at radius 1 is 1.54 bits per heavy atom. The predicted molar refractivity (Wildman–Crippen MR) is 57.9 cm³/mol. The molecule has 0 unspecified atom stereocenters. The lowest BCUT2D eigenvalue weighted by Crippen LogP contribution is -2.35. The summed E-state index contributed by atoms with van der Waals surface area (Å²) in [6, 6.07) is 0. The van der Waals surface area contributed by atoms with Gasteiger partial charge in [-0.3, -0.25) is 4.79 Å². The molecule has 0 amide bonds. The topological polar surface area (TPSA) is 20.3 Å². The Labute approximate surface area is 85.3 Å². The smallest absolute Gasteiger partial charge is 0.134 e. The molecular weight excluding hydrogens is 182 g/mol. The van der Waals surface area contributed by atoms with Crippen molar-refractivity contribution in [1.29, 1.82) is 0 Å². The van der Waals surface area contributed by atoms with Crippen LogP contribution >= 0.6 is 12.2 Å². The van der Waals surface area contributed by atoms with E-state index in [4.69, 9.17) is 12.2 Å². The van der Waals surface area contributed by atoms with Crippen LogP contribution in [0.25, 0.3) is 0 Å². The van der Waals surface area contributed by atoms with Crippen molar-refractivity contribution in [1.82, 2.24) is 4.90 Å². The van der Waals surface area contributed by atoms with Crippen molar-refractivity contribution in [2.45, 2.75) is 39.0 Å². The third-order valence-electron chi connectivity index (χ3n) is 2.48. The lowest BCUT2D eigenvalue weighted by Gasteiger charge is -2.29. The summed E-state index contributed by atoms with van der Waals surface area (Å²) in [7, 11) is 0. The highest BCUT2D eigenvalue weighted by Crippen LogP contribution is 2.12. The lowest BCUT2D eigenvalue weighted by atomic mass is 10.1. The summed E-state index contributed by atoms with van der Waals surface area (Å²) >= 11 is 5.23. The molecule has 0 radical (unpaired) electrons. The van der Waals surface area contributed by atoms with Crippen molar-refractivity contribution < 1.29 is 4.79 Å². The van der Waals surface area contributed by atoms with Gasteiger partial charge >= 0.3 is 0 Å². The van der Waals surface area contributed by atoms with Gasteiger partial charge in [-0.15, -0.1) is 0 Å². The third kappa shape index (κ3) is 3.43. The van der Waals surface area contributed by atoms with E-state index in [1.807, 2.05) is 6.92 Å². The van der Waals surface area contributed by atoms with Crippen LogP contribution in [0.5, 0.6) is 0 Å². The number of carbonyl (C=O) groups excluding carboxylic acids is 1. The first-order valence-electron chi connectivity index (χ1n) is 5.03. The minimum atomic E-state index is 0.341. The molecule has 1 aliphatic heterocycles. The molecule has 3 heteroatoms. The van der Waals surface area contributed by atoms with Gasteiger partial charge in [0.25, 0.3) is 0 Å². The number of likely N-dealkylation sites (tertiary alicyclic amines) is 1. The molecule has 0 saturated carbocycles. The molecule has 1 aliphatic rings. The maximum atomic E-state index is 11.1. The van der Waals surface area contributed by atoms with Gasteiger partial charge in [0.15, 0.2) is 0 Å². The molecule has 1 fully saturated rings. The Kier molecular flexibility index (Phi) is 4.36. The minimum absolute atomic E-state index is 0.341. The largest absolute Gasteiger partial charge is 0.366 e. The van der Waals surface area contributed by atoms with Crippen molar-refractivity contribution in [2.24, 2.45) is 0 Å². The molecule has 1 saturated heterocycles. The number of rotatable bonds is 4. The summed E-state index contributed by atoms with van der Waals surface area (Å²) in [4.78, 5) is 14.3. The summed E-state index contributed by atoms with van der Waals surface area (Å²) in [5, 5.41) is 0. The molecule has 0 atom stereocenters. The number of hydrogen-bond acceptors (Lipinski definition) is 2. The highest BCUT2D eigenvalue weighted by atomic mass is 32.1. The molecule has 0 aromatic heterocycles. The Balaban J connectivity index is 2.26. The molecule has 13 heavy (non-hydrogen) atoms.